The first-order chi connectivity index (χ1) is 6.68. The molecule has 0 spiro atoms. The van der Waals surface area contributed by atoms with E-state index >= 15 is 0 Å². The maximum Gasteiger partial charge on any atom is 0.128 e. The molecule has 1 aliphatic heterocycles. The number of pyridine rings is 1. The van der Waals surface area contributed by atoms with Crippen molar-refractivity contribution in [1.29, 1.82) is 0 Å². The number of halogens is 1. The minimum absolute atomic E-state index is 0.388. The minimum atomic E-state index is 0.388. The fourth-order valence-corrected chi connectivity index (χ4v) is 2.18. The Bertz CT molecular complexity index is 345. The summed E-state index contributed by atoms with van der Waals surface area (Å²) in [6, 6.07) is 2.47. The van der Waals surface area contributed by atoms with E-state index in [-0.39, 0.29) is 0 Å². The summed E-state index contributed by atoms with van der Waals surface area (Å²) in [5, 5.41) is 3.42. The number of anilines is 1. The van der Waals surface area contributed by atoms with Gasteiger partial charge in [-0.15, -0.1) is 0 Å². The third kappa shape index (κ3) is 1.77. The smallest absolute Gasteiger partial charge is 0.128 e. The van der Waals surface area contributed by atoms with Gasteiger partial charge in [-0.2, -0.15) is 0 Å². The molecule has 0 saturated carbocycles. The van der Waals surface area contributed by atoms with Crippen molar-refractivity contribution in [2.45, 2.75) is 25.8 Å². The molecular weight excluding hydrogens is 242 g/mol. The first kappa shape index (κ1) is 9.93. The molecule has 3 N–H and O–H groups in total. The van der Waals surface area contributed by atoms with E-state index < -0.39 is 0 Å². The van der Waals surface area contributed by atoms with Crippen molar-refractivity contribution in [2.75, 3.05) is 12.3 Å². The summed E-state index contributed by atoms with van der Waals surface area (Å²) in [7, 11) is 0. The zero-order chi connectivity index (χ0) is 10.1. The maximum atomic E-state index is 5.90. The van der Waals surface area contributed by atoms with Crippen LogP contribution in [0.3, 0.4) is 0 Å². The summed E-state index contributed by atoms with van der Waals surface area (Å²) in [5.74, 6) is 0.658. The van der Waals surface area contributed by atoms with Gasteiger partial charge in [0.2, 0.25) is 0 Å². The summed E-state index contributed by atoms with van der Waals surface area (Å²) in [4.78, 5) is 4.31. The summed E-state index contributed by atoms with van der Waals surface area (Å²) in [6.07, 6.45) is 2.37. The molecule has 0 bridgehead atoms. The van der Waals surface area contributed by atoms with Crippen molar-refractivity contribution in [3.8, 4) is 0 Å². The van der Waals surface area contributed by atoms with Crippen LogP contribution in [0.1, 0.15) is 30.1 Å². The van der Waals surface area contributed by atoms with Crippen molar-refractivity contribution >= 4 is 21.7 Å². The zero-order valence-electron chi connectivity index (χ0n) is 8.18. The maximum absolute atomic E-state index is 5.90. The molecule has 2 rings (SSSR count). The second kappa shape index (κ2) is 3.87. The lowest BCUT2D eigenvalue weighted by Gasteiger charge is -2.14. The molecule has 1 fully saturated rings. The third-order valence-electron chi connectivity index (χ3n) is 2.65. The number of nitrogens with zero attached hydrogens (tertiary/aromatic N) is 1. The fraction of sp³-hybridized carbons (Fsp3) is 0.500. The lowest BCUT2D eigenvalue weighted by molar-refractivity contribution is 0.646. The molecule has 1 unspecified atom stereocenters. The van der Waals surface area contributed by atoms with Gasteiger partial charge < -0.3 is 11.1 Å². The van der Waals surface area contributed by atoms with Crippen molar-refractivity contribution in [2.24, 2.45) is 0 Å². The van der Waals surface area contributed by atoms with Crippen LogP contribution >= 0.6 is 15.9 Å². The number of aryl methyl sites for hydroxylation is 1. The molecule has 3 nitrogen and oxygen atoms in total. The molecule has 0 radical (unpaired) electrons. The van der Waals surface area contributed by atoms with Crippen LogP contribution in [-0.4, -0.2) is 11.5 Å². The fourth-order valence-electron chi connectivity index (χ4n) is 1.84. The topological polar surface area (TPSA) is 50.9 Å². The number of hydrogen-bond donors (Lipinski definition) is 2. The van der Waals surface area contributed by atoms with Crippen LogP contribution in [0.25, 0.3) is 0 Å². The average molecular weight is 256 g/mol. The summed E-state index contributed by atoms with van der Waals surface area (Å²) < 4.78 is 1.04. The van der Waals surface area contributed by atoms with Gasteiger partial charge in [0.25, 0.3) is 0 Å². The molecule has 4 heteroatoms. The summed E-state index contributed by atoms with van der Waals surface area (Å²) >= 11 is 3.48. The normalized spacial score (nSPS) is 21.4. The van der Waals surface area contributed by atoms with E-state index in [0.717, 1.165) is 28.7 Å². The highest BCUT2D eigenvalue weighted by Gasteiger charge is 2.19. The van der Waals surface area contributed by atoms with Crippen molar-refractivity contribution in [3.63, 3.8) is 0 Å². The SMILES string of the molecule is Cc1nc(N)c(C2CCCN2)cc1Br. The average Bonchev–Trinajstić information content (AvgIpc) is 2.64. The van der Waals surface area contributed by atoms with Crippen LogP contribution in [-0.2, 0) is 0 Å². The highest BCUT2D eigenvalue weighted by Crippen LogP contribution is 2.29. The van der Waals surface area contributed by atoms with Crippen LogP contribution in [0.4, 0.5) is 5.82 Å². The Morgan fingerprint density at radius 2 is 2.43 bits per heavy atom. The Kier molecular flexibility index (Phi) is 2.74. The minimum Gasteiger partial charge on any atom is -0.383 e. The number of aromatic nitrogens is 1. The van der Waals surface area contributed by atoms with E-state index in [1.807, 2.05) is 6.92 Å². The van der Waals surface area contributed by atoms with Crippen LogP contribution in [0.15, 0.2) is 10.5 Å². The molecule has 2 heterocycles. The predicted molar refractivity (Wildman–Crippen MR) is 61.1 cm³/mol. The van der Waals surface area contributed by atoms with E-state index in [4.69, 9.17) is 5.73 Å². The van der Waals surface area contributed by atoms with Crippen molar-refractivity contribution < 1.29 is 0 Å². The molecule has 0 aliphatic carbocycles. The third-order valence-corrected chi connectivity index (χ3v) is 3.45. The Hall–Kier alpha value is -0.610. The summed E-state index contributed by atoms with van der Waals surface area (Å²) in [5.41, 5.74) is 7.97. The first-order valence-corrected chi connectivity index (χ1v) is 5.63. The van der Waals surface area contributed by atoms with Crippen molar-refractivity contribution in [3.05, 3.63) is 21.8 Å². The van der Waals surface area contributed by atoms with E-state index in [9.17, 15) is 0 Å². The largest absolute Gasteiger partial charge is 0.383 e. The van der Waals surface area contributed by atoms with Crippen LogP contribution < -0.4 is 11.1 Å². The van der Waals surface area contributed by atoms with E-state index in [2.05, 4.69) is 32.3 Å². The Morgan fingerprint density at radius 1 is 1.64 bits per heavy atom. The van der Waals surface area contributed by atoms with Gasteiger partial charge in [-0.25, -0.2) is 4.98 Å². The zero-order valence-corrected chi connectivity index (χ0v) is 9.76. The van der Waals surface area contributed by atoms with Crippen LogP contribution in [0, 0.1) is 6.92 Å². The van der Waals surface area contributed by atoms with Gasteiger partial charge in [0.15, 0.2) is 0 Å². The standard InChI is InChI=1S/C10H14BrN3/c1-6-8(11)5-7(10(12)14-6)9-3-2-4-13-9/h5,9,13H,2-4H2,1H3,(H2,12,14). The van der Waals surface area contributed by atoms with Gasteiger partial charge in [0.05, 0.1) is 5.69 Å². The quantitative estimate of drug-likeness (QED) is 0.809. The van der Waals surface area contributed by atoms with Gasteiger partial charge in [0, 0.05) is 16.1 Å². The first-order valence-electron chi connectivity index (χ1n) is 4.84. The van der Waals surface area contributed by atoms with Gasteiger partial charge >= 0.3 is 0 Å². The molecule has 0 amide bonds. The lowest BCUT2D eigenvalue weighted by atomic mass is 10.1. The molecule has 14 heavy (non-hydrogen) atoms. The lowest BCUT2D eigenvalue weighted by Crippen LogP contribution is -2.15. The van der Waals surface area contributed by atoms with E-state index in [1.165, 1.54) is 6.42 Å². The monoisotopic (exact) mass is 255 g/mol. The molecule has 76 valence electrons. The number of nitrogens with two attached hydrogens (primary N) is 1. The number of nitrogen functional groups attached to an aromatic ring is 1. The second-order valence-corrected chi connectivity index (χ2v) is 4.53. The Labute approximate surface area is 92.2 Å². The molecule has 1 atom stereocenters. The molecule has 1 aliphatic rings. The Balaban J connectivity index is 2.37. The van der Waals surface area contributed by atoms with Gasteiger partial charge in [0.1, 0.15) is 5.82 Å². The highest BCUT2D eigenvalue weighted by molar-refractivity contribution is 9.10. The second-order valence-electron chi connectivity index (χ2n) is 3.68. The number of nitrogens with one attached hydrogen (secondary N) is 1. The molecule has 1 saturated heterocycles. The van der Waals surface area contributed by atoms with E-state index in [0.29, 0.717) is 11.9 Å². The van der Waals surface area contributed by atoms with Gasteiger partial charge in [-0.1, -0.05) is 0 Å². The highest BCUT2D eigenvalue weighted by atomic mass is 79.9. The van der Waals surface area contributed by atoms with Crippen molar-refractivity contribution in [1.82, 2.24) is 10.3 Å². The Morgan fingerprint density at radius 3 is 3.07 bits per heavy atom. The van der Waals surface area contributed by atoms with Gasteiger partial charge in [-0.05, 0) is 48.3 Å². The molecule has 1 aromatic rings. The van der Waals surface area contributed by atoms with E-state index in [1.54, 1.807) is 0 Å². The number of hydrogen-bond acceptors (Lipinski definition) is 3. The van der Waals surface area contributed by atoms with Crippen LogP contribution in [0.2, 0.25) is 0 Å². The molecular formula is C10H14BrN3. The van der Waals surface area contributed by atoms with Crippen LogP contribution in [0.5, 0.6) is 0 Å². The molecule has 0 aromatic carbocycles. The molecule has 1 aromatic heterocycles. The van der Waals surface area contributed by atoms with Gasteiger partial charge in [-0.3, -0.25) is 0 Å². The summed E-state index contributed by atoms with van der Waals surface area (Å²) in [6.45, 7) is 3.03. The predicted octanol–water partition coefficient (Wildman–Crippen LogP) is 2.16. The number of rotatable bonds is 1.